The Labute approximate surface area is 258 Å². The van der Waals surface area contributed by atoms with Gasteiger partial charge in [0.05, 0.1) is 17.3 Å². The molecule has 44 heavy (non-hydrogen) atoms. The van der Waals surface area contributed by atoms with Crippen LogP contribution in [0.2, 0.25) is 0 Å². The van der Waals surface area contributed by atoms with Crippen molar-refractivity contribution in [1.29, 1.82) is 0 Å². The van der Waals surface area contributed by atoms with Gasteiger partial charge in [-0.15, -0.1) is 0 Å². The minimum absolute atomic E-state index is 0.00469. The first-order chi connectivity index (χ1) is 21.3. The number of aromatic nitrogens is 4. The van der Waals surface area contributed by atoms with Crippen molar-refractivity contribution in [2.75, 3.05) is 13.1 Å². The van der Waals surface area contributed by atoms with Gasteiger partial charge in [0.15, 0.2) is 17.2 Å². The predicted octanol–water partition coefficient (Wildman–Crippen LogP) is 5.30. The molecular weight excluding hydrogens is 552 g/mol. The number of hydrogen-bond acceptors (Lipinski definition) is 6. The molecular formula is C35H42N6O3. The number of rotatable bonds is 4. The zero-order valence-electron chi connectivity index (χ0n) is 26.1. The number of fused-ring (bicyclic) bond motifs is 1. The van der Waals surface area contributed by atoms with E-state index >= 15 is 0 Å². The summed E-state index contributed by atoms with van der Waals surface area (Å²) in [4.78, 5) is 46.8. The number of aryl methyl sites for hydroxylation is 2. The molecule has 1 saturated carbocycles. The maximum absolute atomic E-state index is 14.2. The second-order valence-electron chi connectivity index (χ2n) is 13.3. The van der Waals surface area contributed by atoms with Crippen LogP contribution in [0.25, 0.3) is 27.7 Å². The molecule has 230 valence electrons. The van der Waals surface area contributed by atoms with Gasteiger partial charge in [0, 0.05) is 65.6 Å². The lowest BCUT2D eigenvalue weighted by atomic mass is 9.96. The fourth-order valence-electron chi connectivity index (χ4n) is 7.85. The molecule has 0 spiro atoms. The standard InChI is InChI=1S/C35H42N6O3/c1-4-30(43)29-15-35-16-31(35)41(29)33(44)20-39-19-28(23(3)42)27-14-25(26-17-37-32-12-22(2)38-40(32)18-26)13-24(34(27)39)10-8-6-5-7-9-11-36-21-35/h12-14,17-19,29,31,36H,4-11,15-16,20-21H2,1-3H3/t29-,31+,35-/m0/s1. The van der Waals surface area contributed by atoms with Crippen LogP contribution in [0.5, 0.6) is 0 Å². The highest BCUT2D eigenvalue weighted by Crippen LogP contribution is 2.59. The maximum atomic E-state index is 14.2. The van der Waals surface area contributed by atoms with Crippen LogP contribution >= 0.6 is 0 Å². The third kappa shape index (κ3) is 5.05. The third-order valence-corrected chi connectivity index (χ3v) is 10.2. The van der Waals surface area contributed by atoms with Crippen molar-refractivity contribution in [3.63, 3.8) is 0 Å². The monoisotopic (exact) mass is 594 g/mol. The van der Waals surface area contributed by atoms with Crippen molar-refractivity contribution in [3.05, 3.63) is 53.6 Å². The highest BCUT2D eigenvalue weighted by atomic mass is 16.2. The number of amides is 1. The van der Waals surface area contributed by atoms with Gasteiger partial charge in [0.25, 0.3) is 0 Å². The van der Waals surface area contributed by atoms with Gasteiger partial charge in [-0.1, -0.05) is 26.2 Å². The fraction of sp³-hybridized carbons (Fsp3) is 0.514. The van der Waals surface area contributed by atoms with Crippen molar-refractivity contribution in [2.24, 2.45) is 5.41 Å². The van der Waals surface area contributed by atoms with Crippen LogP contribution in [0.1, 0.15) is 86.8 Å². The summed E-state index contributed by atoms with van der Waals surface area (Å²) >= 11 is 0. The Morgan fingerprint density at radius 3 is 2.68 bits per heavy atom. The molecule has 3 aromatic heterocycles. The van der Waals surface area contributed by atoms with Crippen molar-refractivity contribution < 1.29 is 14.4 Å². The lowest BCUT2D eigenvalue weighted by Gasteiger charge is -2.27. The van der Waals surface area contributed by atoms with E-state index in [0.717, 1.165) is 90.5 Å². The van der Waals surface area contributed by atoms with E-state index in [1.165, 1.54) is 12.8 Å². The van der Waals surface area contributed by atoms with E-state index in [-0.39, 0.29) is 41.5 Å². The molecule has 2 aliphatic heterocycles. The largest absolute Gasteiger partial charge is 0.337 e. The normalized spacial score (nSPS) is 24.4. The maximum Gasteiger partial charge on any atom is 0.243 e. The summed E-state index contributed by atoms with van der Waals surface area (Å²) < 4.78 is 3.78. The van der Waals surface area contributed by atoms with E-state index in [1.54, 1.807) is 11.4 Å². The summed E-state index contributed by atoms with van der Waals surface area (Å²) in [6.45, 7) is 7.39. The smallest absolute Gasteiger partial charge is 0.243 e. The molecule has 9 nitrogen and oxygen atoms in total. The average Bonchev–Trinajstić information content (AvgIpc) is 3.26. The van der Waals surface area contributed by atoms with Crippen molar-refractivity contribution in [2.45, 2.75) is 97.2 Å². The number of carbonyl (C=O) groups is 3. The lowest BCUT2D eigenvalue weighted by Crippen LogP contribution is -2.44. The lowest BCUT2D eigenvalue weighted by molar-refractivity contribution is -0.139. The van der Waals surface area contributed by atoms with Crippen LogP contribution in [-0.2, 0) is 22.6 Å². The number of nitrogens with one attached hydrogen (secondary N) is 1. The second-order valence-corrected chi connectivity index (χ2v) is 13.3. The Hall–Kier alpha value is -3.85. The number of ketones is 2. The molecule has 0 unspecified atom stereocenters. The van der Waals surface area contributed by atoms with Gasteiger partial charge in [-0.3, -0.25) is 14.4 Å². The van der Waals surface area contributed by atoms with Crippen molar-refractivity contribution in [1.82, 2.24) is 29.4 Å². The number of Topliss-reactive ketones (excluding diaryl/α,β-unsaturated/α-hetero) is 2. The second kappa shape index (κ2) is 11.3. The number of benzene rings is 1. The van der Waals surface area contributed by atoms with Gasteiger partial charge in [-0.25, -0.2) is 9.50 Å². The van der Waals surface area contributed by atoms with E-state index in [9.17, 15) is 14.4 Å². The molecule has 1 saturated heterocycles. The number of hydrogen-bond donors (Lipinski definition) is 1. The van der Waals surface area contributed by atoms with Gasteiger partial charge in [-0.05, 0) is 75.8 Å². The molecule has 3 atom stereocenters. The number of carbonyl (C=O) groups excluding carboxylic acids is 3. The minimum Gasteiger partial charge on any atom is -0.337 e. The van der Waals surface area contributed by atoms with E-state index in [4.69, 9.17) is 0 Å². The molecule has 2 bridgehead atoms. The van der Waals surface area contributed by atoms with Gasteiger partial charge < -0.3 is 14.8 Å². The highest BCUT2D eigenvalue weighted by molar-refractivity contribution is 6.09. The molecule has 4 aromatic rings. The molecule has 9 heteroatoms. The molecule has 7 rings (SSSR count). The fourth-order valence-corrected chi connectivity index (χ4v) is 7.85. The summed E-state index contributed by atoms with van der Waals surface area (Å²) in [5, 5.41) is 9.08. The minimum atomic E-state index is -0.361. The Bertz CT molecular complexity index is 1790. The SMILES string of the molecule is CCC(=O)[C@@H]1C[C@]23CNCCCCCCCc4cc(-c5cnc6cc(C)nn6c5)cc5c(C(C)=O)cn(c45)CC(=O)N1[C@@H]2C3. The first kappa shape index (κ1) is 28.9. The Morgan fingerprint density at radius 2 is 1.86 bits per heavy atom. The van der Waals surface area contributed by atoms with Crippen LogP contribution in [0, 0.1) is 12.3 Å². The zero-order chi connectivity index (χ0) is 30.6. The number of piperidine rings is 1. The summed E-state index contributed by atoms with van der Waals surface area (Å²) in [6, 6.07) is 5.96. The van der Waals surface area contributed by atoms with Gasteiger partial charge in [0.1, 0.15) is 6.54 Å². The van der Waals surface area contributed by atoms with E-state index < -0.39 is 0 Å². The number of nitrogens with zero attached hydrogens (tertiary/aromatic N) is 5. The van der Waals surface area contributed by atoms with Crippen LogP contribution in [-0.4, -0.2) is 66.7 Å². The van der Waals surface area contributed by atoms with Crippen LogP contribution < -0.4 is 5.32 Å². The van der Waals surface area contributed by atoms with Crippen LogP contribution in [0.15, 0.2) is 36.8 Å². The molecule has 0 radical (unpaired) electrons. The summed E-state index contributed by atoms with van der Waals surface area (Å²) in [5.74, 6) is 0.0795. The molecule has 2 fully saturated rings. The van der Waals surface area contributed by atoms with Crippen molar-refractivity contribution in [3.8, 4) is 11.1 Å². The van der Waals surface area contributed by atoms with Crippen LogP contribution in [0.4, 0.5) is 0 Å². The van der Waals surface area contributed by atoms with E-state index in [1.807, 2.05) is 48.0 Å². The highest BCUT2D eigenvalue weighted by Gasteiger charge is 2.66. The first-order valence-electron chi connectivity index (χ1n) is 16.3. The summed E-state index contributed by atoms with van der Waals surface area (Å²) in [7, 11) is 0. The molecule has 1 N–H and O–H groups in total. The van der Waals surface area contributed by atoms with Gasteiger partial charge >= 0.3 is 0 Å². The van der Waals surface area contributed by atoms with Crippen molar-refractivity contribution >= 4 is 34.0 Å². The summed E-state index contributed by atoms with van der Waals surface area (Å²) in [5.41, 5.74) is 6.30. The predicted molar refractivity (Wildman–Crippen MR) is 170 cm³/mol. The van der Waals surface area contributed by atoms with E-state index in [0.29, 0.717) is 12.0 Å². The topological polar surface area (TPSA) is 102 Å². The quantitative estimate of drug-likeness (QED) is 0.322. The van der Waals surface area contributed by atoms with Crippen LogP contribution in [0.3, 0.4) is 0 Å². The average molecular weight is 595 g/mol. The van der Waals surface area contributed by atoms with Gasteiger partial charge in [-0.2, -0.15) is 5.10 Å². The van der Waals surface area contributed by atoms with Gasteiger partial charge in [0.2, 0.25) is 5.91 Å². The molecule has 1 amide bonds. The Balaban J connectivity index is 1.33. The zero-order valence-corrected chi connectivity index (χ0v) is 26.1. The molecule has 3 aliphatic rings. The Kier molecular flexibility index (Phi) is 7.39. The molecule has 1 aromatic carbocycles. The Morgan fingerprint density at radius 1 is 1.05 bits per heavy atom. The molecule has 5 heterocycles. The first-order valence-corrected chi connectivity index (χ1v) is 16.3. The summed E-state index contributed by atoms with van der Waals surface area (Å²) in [6.07, 6.45) is 14.3. The molecule has 1 aliphatic carbocycles. The third-order valence-electron chi connectivity index (χ3n) is 10.2. The van der Waals surface area contributed by atoms with E-state index in [2.05, 4.69) is 27.5 Å².